The standard InChI is InChI=1S/C18H29N3O5S/c1-13(14-8-9-16(25-4)17(11-14)26-5)19-18(22)15-7-6-10-21(12-15)27(23,24)20(2)3/h8-9,11,13,15H,6-7,10,12H2,1-5H3,(H,19,22)/t13-,15+/m1/s1. The maximum absolute atomic E-state index is 12.7. The minimum absolute atomic E-state index is 0.143. The summed E-state index contributed by atoms with van der Waals surface area (Å²) >= 11 is 0. The summed E-state index contributed by atoms with van der Waals surface area (Å²) in [6.07, 6.45) is 1.33. The van der Waals surface area contributed by atoms with E-state index in [1.165, 1.54) is 22.7 Å². The first-order chi connectivity index (χ1) is 12.7. The molecule has 1 aliphatic heterocycles. The molecule has 1 fully saturated rings. The average Bonchev–Trinajstić information content (AvgIpc) is 2.67. The summed E-state index contributed by atoms with van der Waals surface area (Å²) < 4.78 is 37.7. The summed E-state index contributed by atoms with van der Waals surface area (Å²) in [4.78, 5) is 12.7. The summed E-state index contributed by atoms with van der Waals surface area (Å²) in [5, 5.41) is 2.99. The third-order valence-electron chi connectivity index (χ3n) is 4.81. The number of benzene rings is 1. The first kappa shape index (κ1) is 21.5. The molecule has 0 spiro atoms. The van der Waals surface area contributed by atoms with Crippen LogP contribution in [0.1, 0.15) is 31.4 Å². The molecule has 0 aromatic heterocycles. The Bertz CT molecular complexity index is 766. The van der Waals surface area contributed by atoms with Gasteiger partial charge in [-0.25, -0.2) is 0 Å². The second kappa shape index (κ2) is 8.90. The Kier molecular flexibility index (Phi) is 7.07. The van der Waals surface area contributed by atoms with Gasteiger partial charge in [0.15, 0.2) is 11.5 Å². The molecule has 0 aliphatic carbocycles. The number of carbonyl (C=O) groups excluding carboxylic acids is 1. The molecule has 2 rings (SSSR count). The Morgan fingerprint density at radius 1 is 1.26 bits per heavy atom. The number of ether oxygens (including phenoxy) is 2. The lowest BCUT2D eigenvalue weighted by Gasteiger charge is -2.33. The maximum atomic E-state index is 12.7. The largest absolute Gasteiger partial charge is 0.493 e. The molecule has 1 aliphatic rings. The van der Waals surface area contributed by atoms with Crippen molar-refractivity contribution in [3.63, 3.8) is 0 Å². The van der Waals surface area contributed by atoms with E-state index in [2.05, 4.69) is 5.32 Å². The van der Waals surface area contributed by atoms with Crippen molar-refractivity contribution in [2.45, 2.75) is 25.8 Å². The van der Waals surface area contributed by atoms with Crippen molar-refractivity contribution in [1.82, 2.24) is 13.9 Å². The third-order valence-corrected chi connectivity index (χ3v) is 6.72. The van der Waals surface area contributed by atoms with E-state index in [0.29, 0.717) is 30.9 Å². The number of methoxy groups -OCH3 is 2. The van der Waals surface area contributed by atoms with Crippen LogP contribution in [-0.4, -0.2) is 64.3 Å². The number of amides is 1. The highest BCUT2D eigenvalue weighted by atomic mass is 32.2. The van der Waals surface area contributed by atoms with Crippen molar-refractivity contribution in [3.8, 4) is 11.5 Å². The number of hydrogen-bond donors (Lipinski definition) is 1. The van der Waals surface area contributed by atoms with Gasteiger partial charge >= 0.3 is 0 Å². The van der Waals surface area contributed by atoms with Crippen molar-refractivity contribution >= 4 is 16.1 Å². The van der Waals surface area contributed by atoms with E-state index in [1.54, 1.807) is 20.3 Å². The SMILES string of the molecule is COc1ccc([C@@H](C)NC(=O)[C@H]2CCCN(S(=O)(=O)N(C)C)C2)cc1OC. The quantitative estimate of drug-likeness (QED) is 0.749. The predicted octanol–water partition coefficient (Wildman–Crippen LogP) is 1.40. The Hall–Kier alpha value is -1.84. The van der Waals surface area contributed by atoms with Crippen molar-refractivity contribution in [2.24, 2.45) is 5.92 Å². The van der Waals surface area contributed by atoms with Gasteiger partial charge in [0.25, 0.3) is 10.2 Å². The van der Waals surface area contributed by atoms with E-state index in [0.717, 1.165) is 5.56 Å². The molecule has 0 saturated carbocycles. The molecule has 8 nitrogen and oxygen atoms in total. The van der Waals surface area contributed by atoms with Crippen LogP contribution in [0.5, 0.6) is 11.5 Å². The van der Waals surface area contributed by atoms with E-state index >= 15 is 0 Å². The average molecular weight is 400 g/mol. The zero-order chi connectivity index (χ0) is 20.2. The highest BCUT2D eigenvalue weighted by molar-refractivity contribution is 7.86. The number of nitrogens with zero attached hydrogens (tertiary/aromatic N) is 2. The van der Waals surface area contributed by atoms with Gasteiger partial charge in [0.05, 0.1) is 26.2 Å². The molecule has 1 heterocycles. The van der Waals surface area contributed by atoms with E-state index in [9.17, 15) is 13.2 Å². The van der Waals surface area contributed by atoms with Crippen molar-refractivity contribution in [1.29, 1.82) is 0 Å². The van der Waals surface area contributed by atoms with Crippen molar-refractivity contribution < 1.29 is 22.7 Å². The van der Waals surface area contributed by atoms with Crippen LogP contribution in [0.15, 0.2) is 18.2 Å². The van der Waals surface area contributed by atoms with Crippen molar-refractivity contribution in [3.05, 3.63) is 23.8 Å². The molecule has 1 saturated heterocycles. The van der Waals surface area contributed by atoms with Gasteiger partial charge < -0.3 is 14.8 Å². The summed E-state index contributed by atoms with van der Waals surface area (Å²) in [6, 6.07) is 5.25. The molecule has 0 unspecified atom stereocenters. The fourth-order valence-corrected chi connectivity index (χ4v) is 4.32. The molecule has 2 atom stereocenters. The van der Waals surface area contributed by atoms with Gasteiger partial charge in [-0.3, -0.25) is 4.79 Å². The zero-order valence-electron chi connectivity index (χ0n) is 16.6. The van der Waals surface area contributed by atoms with Crippen LogP contribution in [0.4, 0.5) is 0 Å². The lowest BCUT2D eigenvalue weighted by molar-refractivity contribution is -0.126. The van der Waals surface area contributed by atoms with Gasteiger partial charge in [-0.05, 0) is 37.5 Å². The molecular weight excluding hydrogens is 370 g/mol. The topological polar surface area (TPSA) is 88.2 Å². The summed E-state index contributed by atoms with van der Waals surface area (Å²) in [7, 11) is 2.62. The molecule has 1 amide bonds. The molecule has 1 N–H and O–H groups in total. The highest BCUT2D eigenvalue weighted by Gasteiger charge is 2.33. The summed E-state index contributed by atoms with van der Waals surface area (Å²) in [5.74, 6) is 0.709. The van der Waals surface area contributed by atoms with Crippen LogP contribution in [0.3, 0.4) is 0 Å². The van der Waals surface area contributed by atoms with Gasteiger partial charge in [0.1, 0.15) is 0 Å². The summed E-state index contributed by atoms with van der Waals surface area (Å²) in [5.41, 5.74) is 0.884. The van der Waals surface area contributed by atoms with Gasteiger partial charge in [0, 0.05) is 27.2 Å². The number of piperidine rings is 1. The van der Waals surface area contributed by atoms with Gasteiger partial charge in [0.2, 0.25) is 5.91 Å². The van der Waals surface area contributed by atoms with Gasteiger partial charge in [-0.15, -0.1) is 0 Å². The number of hydrogen-bond acceptors (Lipinski definition) is 5. The normalized spacial score (nSPS) is 19.6. The van der Waals surface area contributed by atoms with Crippen LogP contribution >= 0.6 is 0 Å². The highest BCUT2D eigenvalue weighted by Crippen LogP contribution is 2.30. The minimum Gasteiger partial charge on any atom is -0.493 e. The zero-order valence-corrected chi connectivity index (χ0v) is 17.4. The third kappa shape index (κ3) is 4.91. The van der Waals surface area contributed by atoms with Crippen LogP contribution in [0.25, 0.3) is 0 Å². The van der Waals surface area contributed by atoms with E-state index in [1.807, 2.05) is 19.1 Å². The van der Waals surface area contributed by atoms with E-state index in [4.69, 9.17) is 9.47 Å². The van der Waals surface area contributed by atoms with E-state index < -0.39 is 10.2 Å². The smallest absolute Gasteiger partial charge is 0.281 e. The number of nitrogens with one attached hydrogen (secondary N) is 1. The Morgan fingerprint density at radius 2 is 1.93 bits per heavy atom. The molecule has 152 valence electrons. The second-order valence-electron chi connectivity index (χ2n) is 6.83. The molecular formula is C18H29N3O5S. The predicted molar refractivity (Wildman–Crippen MR) is 103 cm³/mol. The molecule has 27 heavy (non-hydrogen) atoms. The monoisotopic (exact) mass is 399 g/mol. The van der Waals surface area contributed by atoms with Crippen LogP contribution < -0.4 is 14.8 Å². The molecule has 0 bridgehead atoms. The fourth-order valence-electron chi connectivity index (χ4n) is 3.13. The second-order valence-corrected chi connectivity index (χ2v) is 8.97. The Balaban J connectivity index is 2.06. The Morgan fingerprint density at radius 3 is 2.52 bits per heavy atom. The Labute approximate surface area is 161 Å². The molecule has 9 heteroatoms. The number of rotatable bonds is 7. The first-order valence-corrected chi connectivity index (χ1v) is 10.3. The lowest BCUT2D eigenvalue weighted by atomic mass is 9.98. The van der Waals surface area contributed by atoms with Crippen LogP contribution in [-0.2, 0) is 15.0 Å². The molecule has 0 radical (unpaired) electrons. The van der Waals surface area contributed by atoms with Gasteiger partial charge in [-0.1, -0.05) is 6.07 Å². The van der Waals surface area contributed by atoms with E-state index in [-0.39, 0.29) is 24.4 Å². The first-order valence-electron chi connectivity index (χ1n) is 8.90. The fraction of sp³-hybridized carbons (Fsp3) is 0.611. The summed E-state index contributed by atoms with van der Waals surface area (Å²) in [6.45, 7) is 2.52. The maximum Gasteiger partial charge on any atom is 0.281 e. The molecule has 1 aromatic carbocycles. The molecule has 1 aromatic rings. The van der Waals surface area contributed by atoms with Crippen LogP contribution in [0.2, 0.25) is 0 Å². The van der Waals surface area contributed by atoms with Crippen LogP contribution in [0, 0.1) is 5.92 Å². The minimum atomic E-state index is -3.51. The lowest BCUT2D eigenvalue weighted by Crippen LogP contribution is -2.49. The van der Waals surface area contributed by atoms with Crippen molar-refractivity contribution in [2.75, 3.05) is 41.4 Å². The van der Waals surface area contributed by atoms with Gasteiger partial charge in [-0.2, -0.15) is 17.0 Å². The number of carbonyl (C=O) groups is 1.